The number of nitriles is 1. The molecule has 2 fully saturated rings. The van der Waals surface area contributed by atoms with Crippen molar-refractivity contribution in [2.45, 2.75) is 51.6 Å². The van der Waals surface area contributed by atoms with Crippen LogP contribution in [0.3, 0.4) is 0 Å². The monoisotopic (exact) mass is 497 g/mol. The van der Waals surface area contributed by atoms with Crippen LogP contribution < -0.4 is 4.90 Å². The van der Waals surface area contributed by atoms with Gasteiger partial charge in [-0.15, -0.1) is 0 Å². The first-order valence-electron chi connectivity index (χ1n) is 12.1. The minimum absolute atomic E-state index is 0.234. The summed E-state index contributed by atoms with van der Waals surface area (Å²) in [5, 5.41) is 15.3. The van der Waals surface area contributed by atoms with Gasteiger partial charge < -0.3 is 4.90 Å². The Bertz CT molecular complexity index is 1230. The lowest BCUT2D eigenvalue weighted by molar-refractivity contribution is 0.106. The van der Waals surface area contributed by atoms with Crippen molar-refractivity contribution in [3.63, 3.8) is 0 Å². The van der Waals surface area contributed by atoms with Crippen molar-refractivity contribution in [3.8, 4) is 6.07 Å². The topological polar surface area (TPSA) is 73.9 Å². The molecule has 34 heavy (non-hydrogen) atoms. The van der Waals surface area contributed by atoms with E-state index in [1.165, 1.54) is 32.4 Å². The van der Waals surface area contributed by atoms with E-state index in [9.17, 15) is 5.26 Å². The number of hydrogen-bond donors (Lipinski definition) is 0. The van der Waals surface area contributed by atoms with E-state index in [1.54, 1.807) is 23.0 Å². The zero-order valence-electron chi connectivity index (χ0n) is 19.6. The van der Waals surface area contributed by atoms with Crippen molar-refractivity contribution < 1.29 is 0 Å². The van der Waals surface area contributed by atoms with Gasteiger partial charge in [-0.05, 0) is 62.9 Å². The van der Waals surface area contributed by atoms with Crippen LogP contribution in [-0.4, -0.2) is 56.9 Å². The molecule has 2 unspecified atom stereocenters. The first-order valence-corrected chi connectivity index (χ1v) is 12.8. The lowest BCUT2D eigenvalue weighted by Crippen LogP contribution is -2.51. The number of aromatic nitrogens is 4. The lowest BCUT2D eigenvalue weighted by atomic mass is 9.91. The summed E-state index contributed by atoms with van der Waals surface area (Å²) in [4.78, 5) is 14.6. The third-order valence-corrected chi connectivity index (χ3v) is 7.88. The van der Waals surface area contributed by atoms with Crippen LogP contribution in [0.4, 0.5) is 5.82 Å². The van der Waals surface area contributed by atoms with Crippen LogP contribution in [0.1, 0.15) is 56.8 Å². The molecule has 0 radical (unpaired) electrons. The van der Waals surface area contributed by atoms with Gasteiger partial charge in [-0.1, -0.05) is 42.6 Å². The van der Waals surface area contributed by atoms with Crippen molar-refractivity contribution in [2.24, 2.45) is 5.92 Å². The highest BCUT2D eigenvalue weighted by atomic mass is 35.5. The molecule has 178 valence electrons. The third kappa shape index (κ3) is 4.35. The fraction of sp³-hybridized carbons (Fsp3) is 0.520. The number of halogens is 2. The minimum Gasteiger partial charge on any atom is -0.355 e. The Kier molecular flexibility index (Phi) is 6.65. The Balaban J connectivity index is 1.44. The second-order valence-electron chi connectivity index (χ2n) is 9.52. The molecule has 9 heteroatoms. The standard InChI is InChI=1S/C25H29Cl2N7/c1-16-15-33(11-8-22(16)32-9-4-3-5-10-32)23-14-29-24-21(13-28)31-34(25(24)30-23)17(2)19-7-6-18(26)12-20(19)27/h6-7,12,14,16-17,22H,3-5,8-11,15H2,1-2H3/t16-,17?,22?/m0/s1. The number of benzene rings is 1. The summed E-state index contributed by atoms with van der Waals surface area (Å²) in [5.41, 5.74) is 2.24. The van der Waals surface area contributed by atoms with Crippen molar-refractivity contribution in [1.29, 1.82) is 5.26 Å². The SMILES string of the molecule is CC(c1ccc(Cl)cc1Cl)n1nc(C#N)c2ncc(N3CCC(N4CCCCC4)[C@@H](C)C3)nc21. The van der Waals surface area contributed by atoms with E-state index in [2.05, 4.69) is 32.9 Å². The van der Waals surface area contributed by atoms with Gasteiger partial charge in [0, 0.05) is 29.2 Å². The summed E-state index contributed by atoms with van der Waals surface area (Å²) in [7, 11) is 0. The molecule has 5 rings (SSSR count). The second-order valence-corrected chi connectivity index (χ2v) is 10.4. The molecule has 4 heterocycles. The smallest absolute Gasteiger partial charge is 0.190 e. The van der Waals surface area contributed by atoms with E-state index in [0.717, 1.165) is 30.9 Å². The average molecular weight is 498 g/mol. The molecule has 0 aliphatic carbocycles. The summed E-state index contributed by atoms with van der Waals surface area (Å²) >= 11 is 12.6. The summed E-state index contributed by atoms with van der Waals surface area (Å²) < 4.78 is 1.75. The fourth-order valence-electron chi connectivity index (χ4n) is 5.50. The van der Waals surface area contributed by atoms with E-state index in [1.807, 2.05) is 13.0 Å². The number of hydrogen-bond acceptors (Lipinski definition) is 6. The highest BCUT2D eigenvalue weighted by molar-refractivity contribution is 6.35. The summed E-state index contributed by atoms with van der Waals surface area (Å²) in [6, 6.07) is 7.98. The number of rotatable bonds is 4. The van der Waals surface area contributed by atoms with Crippen molar-refractivity contribution in [2.75, 3.05) is 31.1 Å². The molecule has 1 aromatic carbocycles. The maximum Gasteiger partial charge on any atom is 0.190 e. The molecule has 0 amide bonds. The molecule has 0 spiro atoms. The second kappa shape index (κ2) is 9.69. The minimum atomic E-state index is -0.234. The number of nitrogens with zero attached hydrogens (tertiary/aromatic N) is 7. The maximum absolute atomic E-state index is 9.65. The van der Waals surface area contributed by atoms with Gasteiger partial charge >= 0.3 is 0 Å². The number of likely N-dealkylation sites (tertiary alicyclic amines) is 1. The largest absolute Gasteiger partial charge is 0.355 e. The van der Waals surface area contributed by atoms with E-state index >= 15 is 0 Å². The molecule has 2 aromatic heterocycles. The van der Waals surface area contributed by atoms with Gasteiger partial charge in [0.25, 0.3) is 0 Å². The number of anilines is 1. The molecule has 2 saturated heterocycles. The Morgan fingerprint density at radius 3 is 2.65 bits per heavy atom. The average Bonchev–Trinajstić information content (AvgIpc) is 3.22. The molecule has 3 aromatic rings. The van der Waals surface area contributed by atoms with E-state index in [-0.39, 0.29) is 11.7 Å². The first-order chi connectivity index (χ1) is 16.5. The highest BCUT2D eigenvalue weighted by Crippen LogP contribution is 2.32. The van der Waals surface area contributed by atoms with Crippen LogP contribution in [-0.2, 0) is 0 Å². The number of fused-ring (bicyclic) bond motifs is 1. The van der Waals surface area contributed by atoms with E-state index < -0.39 is 0 Å². The molecule has 3 atom stereocenters. The Labute approximate surface area is 210 Å². The zero-order valence-corrected chi connectivity index (χ0v) is 21.1. The van der Waals surface area contributed by atoms with Gasteiger partial charge in [0.15, 0.2) is 11.3 Å². The van der Waals surface area contributed by atoms with Crippen LogP contribution in [0.2, 0.25) is 10.0 Å². The van der Waals surface area contributed by atoms with Gasteiger partial charge in [0.2, 0.25) is 0 Å². The van der Waals surface area contributed by atoms with E-state index in [0.29, 0.717) is 33.2 Å². The van der Waals surface area contributed by atoms with Gasteiger partial charge in [-0.2, -0.15) is 10.4 Å². The first kappa shape index (κ1) is 23.3. The summed E-state index contributed by atoms with van der Waals surface area (Å²) in [5.74, 6) is 1.38. The zero-order chi connectivity index (χ0) is 23.8. The molecular formula is C25H29Cl2N7. The van der Waals surface area contributed by atoms with Gasteiger partial charge in [-0.3, -0.25) is 4.90 Å². The summed E-state index contributed by atoms with van der Waals surface area (Å²) in [6.45, 7) is 8.68. The van der Waals surface area contributed by atoms with E-state index in [4.69, 9.17) is 28.2 Å². The van der Waals surface area contributed by atoms with Crippen molar-refractivity contribution >= 4 is 40.2 Å². The predicted molar refractivity (Wildman–Crippen MR) is 136 cm³/mol. The quantitative estimate of drug-likeness (QED) is 0.485. The van der Waals surface area contributed by atoms with Crippen LogP contribution >= 0.6 is 23.2 Å². The maximum atomic E-state index is 9.65. The Hall–Kier alpha value is -2.40. The molecule has 0 N–H and O–H groups in total. The third-order valence-electron chi connectivity index (χ3n) is 7.32. The van der Waals surface area contributed by atoms with Crippen LogP contribution in [0.25, 0.3) is 11.2 Å². The Morgan fingerprint density at radius 1 is 1.15 bits per heavy atom. The van der Waals surface area contributed by atoms with Crippen LogP contribution in [0.15, 0.2) is 24.4 Å². The predicted octanol–water partition coefficient (Wildman–Crippen LogP) is 5.31. The molecule has 2 aliphatic heterocycles. The summed E-state index contributed by atoms with van der Waals surface area (Å²) in [6.07, 6.45) is 6.90. The van der Waals surface area contributed by atoms with Crippen molar-refractivity contribution in [1.82, 2.24) is 24.6 Å². The lowest BCUT2D eigenvalue weighted by Gasteiger charge is -2.44. The van der Waals surface area contributed by atoms with Gasteiger partial charge in [-0.25, -0.2) is 14.6 Å². The Morgan fingerprint density at radius 2 is 1.94 bits per heavy atom. The number of piperidine rings is 2. The normalized spacial score (nSPS) is 22.6. The molecule has 0 bridgehead atoms. The highest BCUT2D eigenvalue weighted by Gasteiger charge is 2.32. The van der Waals surface area contributed by atoms with Crippen LogP contribution in [0, 0.1) is 17.2 Å². The van der Waals surface area contributed by atoms with Gasteiger partial charge in [0.1, 0.15) is 17.4 Å². The fourth-order valence-corrected chi connectivity index (χ4v) is 6.07. The molecule has 2 aliphatic rings. The molecule has 0 saturated carbocycles. The molecular weight excluding hydrogens is 469 g/mol. The van der Waals surface area contributed by atoms with Gasteiger partial charge in [0.05, 0.1) is 12.2 Å². The molecule has 7 nitrogen and oxygen atoms in total. The van der Waals surface area contributed by atoms with Crippen LogP contribution in [0.5, 0.6) is 0 Å². The van der Waals surface area contributed by atoms with Crippen molar-refractivity contribution in [3.05, 3.63) is 45.7 Å².